The predicted molar refractivity (Wildman–Crippen MR) is 78.9 cm³/mol. The van der Waals surface area contributed by atoms with E-state index in [1.807, 2.05) is 18.2 Å². The van der Waals surface area contributed by atoms with Gasteiger partial charge in [-0.2, -0.15) is 0 Å². The molecule has 20 heavy (non-hydrogen) atoms. The summed E-state index contributed by atoms with van der Waals surface area (Å²) in [5.41, 5.74) is 1.34. The third kappa shape index (κ3) is 2.54. The van der Waals surface area contributed by atoms with E-state index >= 15 is 0 Å². The van der Waals surface area contributed by atoms with Crippen LogP contribution in [0.3, 0.4) is 0 Å². The van der Waals surface area contributed by atoms with Crippen LogP contribution in [0.15, 0.2) is 27.8 Å². The number of nitrogens with one attached hydrogen (secondary N) is 3. The highest BCUT2D eigenvalue weighted by Crippen LogP contribution is 2.41. The minimum atomic E-state index is -0.604. The van der Waals surface area contributed by atoms with E-state index in [1.165, 1.54) is 18.4 Å². The first-order valence-corrected chi connectivity index (χ1v) is 7.18. The van der Waals surface area contributed by atoms with Gasteiger partial charge in [-0.3, -0.25) is 9.59 Å². The Morgan fingerprint density at radius 2 is 1.90 bits per heavy atom. The van der Waals surface area contributed by atoms with Gasteiger partial charge >= 0.3 is 11.1 Å². The van der Waals surface area contributed by atoms with Crippen molar-refractivity contribution in [1.29, 1.82) is 0 Å². The van der Waals surface area contributed by atoms with E-state index in [1.54, 1.807) is 0 Å². The summed E-state index contributed by atoms with van der Waals surface area (Å²) in [6.07, 6.45) is 3.60. The molecule has 3 rings (SSSR count). The van der Waals surface area contributed by atoms with Crippen molar-refractivity contribution in [2.45, 2.75) is 32.2 Å². The summed E-state index contributed by atoms with van der Waals surface area (Å²) in [7, 11) is 0. The van der Waals surface area contributed by atoms with Crippen LogP contribution in [0.5, 0.6) is 0 Å². The first-order chi connectivity index (χ1) is 9.69. The quantitative estimate of drug-likeness (QED) is 0.725. The van der Waals surface area contributed by atoms with Crippen molar-refractivity contribution in [3.8, 4) is 0 Å². The zero-order valence-corrected chi connectivity index (χ0v) is 11.5. The number of aromatic nitrogens is 2. The van der Waals surface area contributed by atoms with Crippen molar-refractivity contribution < 1.29 is 0 Å². The van der Waals surface area contributed by atoms with Crippen LogP contribution in [0.25, 0.3) is 11.0 Å². The van der Waals surface area contributed by atoms with Gasteiger partial charge in [0.2, 0.25) is 0 Å². The average molecular weight is 273 g/mol. The van der Waals surface area contributed by atoms with Crippen molar-refractivity contribution >= 4 is 11.0 Å². The van der Waals surface area contributed by atoms with Gasteiger partial charge < -0.3 is 15.3 Å². The maximum absolute atomic E-state index is 11.4. The van der Waals surface area contributed by atoms with Gasteiger partial charge in [0.1, 0.15) is 0 Å². The molecule has 5 heteroatoms. The lowest BCUT2D eigenvalue weighted by Crippen LogP contribution is -2.29. The minimum absolute atomic E-state index is 0.342. The number of rotatable bonds is 5. The van der Waals surface area contributed by atoms with Crippen LogP contribution in [0.1, 0.15) is 37.8 Å². The predicted octanol–water partition coefficient (Wildman–Crippen LogP) is 1.67. The Bertz CT molecular complexity index is 728. The minimum Gasteiger partial charge on any atom is -0.316 e. The van der Waals surface area contributed by atoms with Crippen molar-refractivity contribution in [1.82, 2.24) is 15.3 Å². The first kappa shape index (κ1) is 13.1. The molecule has 0 bridgehead atoms. The lowest BCUT2D eigenvalue weighted by atomic mass is 10.0. The van der Waals surface area contributed by atoms with Gasteiger partial charge in [0.15, 0.2) is 0 Å². The van der Waals surface area contributed by atoms with Gasteiger partial charge in [-0.15, -0.1) is 0 Å². The second-order valence-electron chi connectivity index (χ2n) is 5.48. The fourth-order valence-corrected chi connectivity index (χ4v) is 2.61. The van der Waals surface area contributed by atoms with E-state index in [2.05, 4.69) is 22.2 Å². The average Bonchev–Trinajstić information content (AvgIpc) is 3.25. The molecule has 1 atom stereocenters. The topological polar surface area (TPSA) is 77.8 Å². The number of hydrogen-bond donors (Lipinski definition) is 3. The monoisotopic (exact) mass is 273 g/mol. The summed E-state index contributed by atoms with van der Waals surface area (Å²) >= 11 is 0. The lowest BCUT2D eigenvalue weighted by Gasteiger charge is -2.18. The van der Waals surface area contributed by atoms with Crippen LogP contribution in [0, 0.1) is 5.92 Å². The molecule has 0 saturated heterocycles. The molecule has 1 aromatic heterocycles. The third-order valence-electron chi connectivity index (χ3n) is 3.81. The highest BCUT2D eigenvalue weighted by molar-refractivity contribution is 5.74. The highest BCUT2D eigenvalue weighted by atomic mass is 16.2. The molecule has 0 amide bonds. The second kappa shape index (κ2) is 5.25. The Hall–Kier alpha value is -1.88. The van der Waals surface area contributed by atoms with Crippen LogP contribution in [0.4, 0.5) is 0 Å². The van der Waals surface area contributed by atoms with Crippen LogP contribution in [-0.4, -0.2) is 16.5 Å². The fraction of sp³-hybridized carbons (Fsp3) is 0.467. The molecule has 1 aliphatic rings. The van der Waals surface area contributed by atoms with Gasteiger partial charge in [-0.1, -0.05) is 13.0 Å². The summed E-state index contributed by atoms with van der Waals surface area (Å²) in [6.45, 7) is 3.14. The summed E-state index contributed by atoms with van der Waals surface area (Å²) in [6, 6.07) is 6.21. The van der Waals surface area contributed by atoms with Crippen LogP contribution in [-0.2, 0) is 0 Å². The number of aromatic amines is 2. The largest absolute Gasteiger partial charge is 0.316 e. The van der Waals surface area contributed by atoms with Gasteiger partial charge in [0, 0.05) is 6.04 Å². The summed E-state index contributed by atoms with van der Waals surface area (Å²) in [5.74, 6) is 0.688. The molecule has 5 nitrogen and oxygen atoms in total. The maximum Gasteiger partial charge on any atom is 0.314 e. The van der Waals surface area contributed by atoms with Gasteiger partial charge in [0.25, 0.3) is 0 Å². The van der Waals surface area contributed by atoms with Gasteiger partial charge in [-0.05, 0) is 49.4 Å². The normalized spacial score (nSPS) is 16.4. The molecule has 106 valence electrons. The smallest absolute Gasteiger partial charge is 0.314 e. The van der Waals surface area contributed by atoms with E-state index < -0.39 is 11.1 Å². The third-order valence-corrected chi connectivity index (χ3v) is 3.81. The van der Waals surface area contributed by atoms with Crippen molar-refractivity contribution in [3.05, 3.63) is 44.5 Å². The van der Waals surface area contributed by atoms with E-state index in [4.69, 9.17) is 0 Å². The Kier molecular flexibility index (Phi) is 3.44. The first-order valence-electron chi connectivity index (χ1n) is 7.18. The maximum atomic E-state index is 11.4. The zero-order valence-electron chi connectivity index (χ0n) is 11.5. The molecule has 1 unspecified atom stereocenters. The van der Waals surface area contributed by atoms with E-state index in [0.29, 0.717) is 23.0 Å². The standard InChI is InChI=1S/C15H19N3O2/c1-2-7-16-13(9-3-4-9)10-5-6-11-12(8-10)18-15(20)14(19)17-11/h5-6,8-9,13,16H,2-4,7H2,1H3,(H,17,19)(H,18,20). The van der Waals surface area contributed by atoms with E-state index in [9.17, 15) is 9.59 Å². The molecular formula is C15H19N3O2. The molecule has 1 aromatic carbocycles. The molecular weight excluding hydrogens is 254 g/mol. The van der Waals surface area contributed by atoms with Crippen molar-refractivity contribution in [3.63, 3.8) is 0 Å². The van der Waals surface area contributed by atoms with Crippen LogP contribution >= 0.6 is 0 Å². The number of benzene rings is 1. The molecule has 0 aliphatic heterocycles. The van der Waals surface area contributed by atoms with Gasteiger partial charge in [0.05, 0.1) is 11.0 Å². The Balaban J connectivity index is 2.00. The lowest BCUT2D eigenvalue weighted by molar-refractivity contribution is 0.481. The Labute approximate surface area is 116 Å². The SMILES string of the molecule is CCCNC(c1ccc2[nH]c(=O)c(=O)[nH]c2c1)C1CC1. The molecule has 0 radical (unpaired) electrons. The zero-order chi connectivity index (χ0) is 14.1. The Morgan fingerprint density at radius 3 is 2.55 bits per heavy atom. The number of H-pyrrole nitrogens is 2. The molecule has 0 spiro atoms. The molecule has 1 saturated carbocycles. The molecule has 1 heterocycles. The summed E-state index contributed by atoms with van der Waals surface area (Å²) in [5, 5.41) is 3.57. The molecule has 1 aliphatic carbocycles. The fourth-order valence-electron chi connectivity index (χ4n) is 2.61. The van der Waals surface area contributed by atoms with E-state index in [0.717, 1.165) is 13.0 Å². The van der Waals surface area contributed by atoms with Crippen LogP contribution in [0.2, 0.25) is 0 Å². The second-order valence-corrected chi connectivity index (χ2v) is 5.48. The van der Waals surface area contributed by atoms with E-state index in [-0.39, 0.29) is 0 Å². The molecule has 3 N–H and O–H groups in total. The number of hydrogen-bond acceptors (Lipinski definition) is 3. The molecule has 2 aromatic rings. The van der Waals surface area contributed by atoms with Gasteiger partial charge in [-0.25, -0.2) is 0 Å². The molecule has 1 fully saturated rings. The Morgan fingerprint density at radius 1 is 1.20 bits per heavy atom. The summed E-state index contributed by atoms with van der Waals surface area (Å²) in [4.78, 5) is 28.0. The highest BCUT2D eigenvalue weighted by Gasteiger charge is 2.31. The van der Waals surface area contributed by atoms with Crippen LogP contribution < -0.4 is 16.4 Å². The number of fused-ring (bicyclic) bond motifs is 1. The summed E-state index contributed by atoms with van der Waals surface area (Å²) < 4.78 is 0. The van der Waals surface area contributed by atoms with Crippen molar-refractivity contribution in [2.75, 3.05) is 6.54 Å². The van der Waals surface area contributed by atoms with Crippen molar-refractivity contribution in [2.24, 2.45) is 5.92 Å².